The Hall–Kier alpha value is -2.62. The highest BCUT2D eigenvalue weighted by Gasteiger charge is 2.23. The lowest BCUT2D eigenvalue weighted by Crippen LogP contribution is -2.20. The maximum absolute atomic E-state index is 12.3. The van der Waals surface area contributed by atoms with Crippen LogP contribution in [-0.2, 0) is 11.3 Å². The number of ketones is 1. The van der Waals surface area contributed by atoms with Crippen molar-refractivity contribution >= 4 is 17.6 Å². The number of carbonyl (C=O) groups excluding carboxylic acids is 2. The monoisotopic (exact) mass is 311 g/mol. The van der Waals surface area contributed by atoms with Crippen molar-refractivity contribution in [3.05, 3.63) is 65.7 Å². The molecule has 0 radical (unpaired) electrons. The Labute approximate surface area is 136 Å². The summed E-state index contributed by atoms with van der Waals surface area (Å²) in [6.45, 7) is 5.80. The van der Waals surface area contributed by atoms with Crippen LogP contribution in [0.25, 0.3) is 0 Å². The molecule has 0 saturated heterocycles. The van der Waals surface area contributed by atoms with E-state index in [0.717, 1.165) is 5.56 Å². The maximum Gasteiger partial charge on any atom is 0.411 e. The Morgan fingerprint density at radius 3 is 2.35 bits per heavy atom. The second-order valence-electron chi connectivity index (χ2n) is 6.35. The molecule has 2 rings (SSSR count). The molecular weight excluding hydrogens is 290 g/mol. The van der Waals surface area contributed by atoms with Crippen molar-refractivity contribution in [3.63, 3.8) is 0 Å². The fourth-order valence-electron chi connectivity index (χ4n) is 2.05. The fourth-order valence-corrected chi connectivity index (χ4v) is 2.05. The predicted octanol–water partition coefficient (Wildman–Crippen LogP) is 4.66. The van der Waals surface area contributed by atoms with Gasteiger partial charge < -0.3 is 4.74 Å². The van der Waals surface area contributed by atoms with Crippen LogP contribution in [0.2, 0.25) is 0 Å². The minimum absolute atomic E-state index is 0.0267. The van der Waals surface area contributed by atoms with Crippen molar-refractivity contribution in [2.24, 2.45) is 5.41 Å². The number of carbonyl (C=O) groups is 2. The van der Waals surface area contributed by atoms with E-state index in [1.807, 2.05) is 51.1 Å². The summed E-state index contributed by atoms with van der Waals surface area (Å²) in [5.74, 6) is 0.0267. The lowest BCUT2D eigenvalue weighted by molar-refractivity contribution is 0.0858. The normalized spacial score (nSPS) is 10.9. The third-order valence-corrected chi connectivity index (χ3v) is 3.27. The van der Waals surface area contributed by atoms with E-state index in [9.17, 15) is 9.59 Å². The van der Waals surface area contributed by atoms with Crippen LogP contribution in [0.5, 0.6) is 0 Å². The van der Waals surface area contributed by atoms with Crippen molar-refractivity contribution in [2.75, 3.05) is 5.32 Å². The molecule has 2 aromatic carbocycles. The van der Waals surface area contributed by atoms with Gasteiger partial charge in [-0.2, -0.15) is 0 Å². The first-order valence-electron chi connectivity index (χ1n) is 7.49. The zero-order valence-corrected chi connectivity index (χ0v) is 13.6. The molecule has 4 heteroatoms. The van der Waals surface area contributed by atoms with Gasteiger partial charge in [-0.1, -0.05) is 63.2 Å². The number of Topliss-reactive ketones (excluding diaryl/α,β-unsaturated/α-hetero) is 1. The first-order chi connectivity index (χ1) is 10.9. The van der Waals surface area contributed by atoms with Crippen molar-refractivity contribution in [1.29, 1.82) is 0 Å². The summed E-state index contributed by atoms with van der Waals surface area (Å²) in [5.41, 5.74) is 1.56. The molecule has 0 fully saturated rings. The highest BCUT2D eigenvalue weighted by Crippen LogP contribution is 2.22. The second-order valence-corrected chi connectivity index (χ2v) is 6.35. The average molecular weight is 311 g/mol. The molecule has 0 heterocycles. The molecule has 23 heavy (non-hydrogen) atoms. The molecule has 4 nitrogen and oxygen atoms in total. The van der Waals surface area contributed by atoms with E-state index in [4.69, 9.17) is 4.74 Å². The van der Waals surface area contributed by atoms with Crippen LogP contribution in [0.1, 0.15) is 36.7 Å². The predicted molar refractivity (Wildman–Crippen MR) is 90.5 cm³/mol. The van der Waals surface area contributed by atoms with E-state index < -0.39 is 11.5 Å². The smallest absolute Gasteiger partial charge is 0.411 e. The summed E-state index contributed by atoms with van der Waals surface area (Å²) >= 11 is 0. The molecule has 0 aliphatic heterocycles. The van der Waals surface area contributed by atoms with Crippen LogP contribution >= 0.6 is 0 Å². The summed E-state index contributed by atoms with van der Waals surface area (Å²) in [4.78, 5) is 24.1. The van der Waals surface area contributed by atoms with E-state index >= 15 is 0 Å². The van der Waals surface area contributed by atoms with E-state index in [1.165, 1.54) is 0 Å². The van der Waals surface area contributed by atoms with Crippen LogP contribution in [-0.4, -0.2) is 11.9 Å². The van der Waals surface area contributed by atoms with Gasteiger partial charge in [0.05, 0.1) is 0 Å². The number of anilines is 1. The summed E-state index contributed by atoms with van der Waals surface area (Å²) in [6.07, 6.45) is -0.547. The molecule has 2 aromatic rings. The van der Waals surface area contributed by atoms with Gasteiger partial charge >= 0.3 is 6.09 Å². The van der Waals surface area contributed by atoms with Gasteiger partial charge in [0.25, 0.3) is 0 Å². The largest absolute Gasteiger partial charge is 0.444 e. The van der Waals surface area contributed by atoms with Crippen molar-refractivity contribution in [2.45, 2.75) is 27.4 Å². The molecular formula is C19H21NO3. The summed E-state index contributed by atoms with van der Waals surface area (Å²) in [6, 6.07) is 16.3. The van der Waals surface area contributed by atoms with Crippen LogP contribution in [0.3, 0.4) is 0 Å². The van der Waals surface area contributed by atoms with Gasteiger partial charge in [0, 0.05) is 16.7 Å². The first-order valence-corrected chi connectivity index (χ1v) is 7.49. The molecule has 0 spiro atoms. The third kappa shape index (κ3) is 4.95. The molecule has 0 unspecified atom stereocenters. The molecule has 1 N–H and O–H groups in total. The zero-order valence-electron chi connectivity index (χ0n) is 13.6. The van der Waals surface area contributed by atoms with Gasteiger partial charge in [0.1, 0.15) is 6.61 Å². The van der Waals surface area contributed by atoms with Gasteiger partial charge in [-0.3, -0.25) is 10.1 Å². The topological polar surface area (TPSA) is 55.4 Å². The maximum atomic E-state index is 12.3. The van der Waals surface area contributed by atoms with Crippen molar-refractivity contribution in [1.82, 2.24) is 0 Å². The van der Waals surface area contributed by atoms with Crippen molar-refractivity contribution < 1.29 is 14.3 Å². The van der Waals surface area contributed by atoms with Gasteiger partial charge in [-0.15, -0.1) is 0 Å². The fraction of sp³-hybridized carbons (Fsp3) is 0.263. The second kappa shape index (κ2) is 7.09. The zero-order chi connectivity index (χ0) is 16.9. The molecule has 120 valence electrons. The highest BCUT2D eigenvalue weighted by atomic mass is 16.5. The number of hydrogen-bond donors (Lipinski definition) is 1. The quantitative estimate of drug-likeness (QED) is 0.835. The molecule has 0 bridgehead atoms. The Bertz CT molecular complexity index is 687. The lowest BCUT2D eigenvalue weighted by atomic mass is 9.86. The first kappa shape index (κ1) is 16.7. The van der Waals surface area contributed by atoms with Gasteiger partial charge in [0.2, 0.25) is 0 Å². The molecule has 1 amide bonds. The van der Waals surface area contributed by atoms with Crippen LogP contribution in [0.15, 0.2) is 54.6 Å². The van der Waals surface area contributed by atoms with Gasteiger partial charge in [-0.25, -0.2) is 4.79 Å². The Balaban J connectivity index is 1.97. The SMILES string of the molecule is CC(C)(C)C(=O)c1cccc(NC(=O)OCc2ccccc2)c1. The molecule has 0 aliphatic carbocycles. The van der Waals surface area contributed by atoms with Gasteiger partial charge in [-0.05, 0) is 17.7 Å². The van der Waals surface area contributed by atoms with E-state index in [1.54, 1.807) is 24.3 Å². The summed E-state index contributed by atoms with van der Waals surface area (Å²) in [5, 5.41) is 2.65. The summed E-state index contributed by atoms with van der Waals surface area (Å²) < 4.78 is 5.16. The van der Waals surface area contributed by atoms with E-state index in [2.05, 4.69) is 5.32 Å². The number of hydrogen-bond acceptors (Lipinski definition) is 3. The Morgan fingerprint density at radius 2 is 1.70 bits per heavy atom. The highest BCUT2D eigenvalue weighted by molar-refractivity contribution is 6.01. The summed E-state index contributed by atoms with van der Waals surface area (Å²) in [7, 11) is 0. The molecule has 0 aliphatic rings. The molecule has 0 aromatic heterocycles. The third-order valence-electron chi connectivity index (χ3n) is 3.27. The average Bonchev–Trinajstić information content (AvgIpc) is 2.52. The molecule has 0 atom stereocenters. The number of benzene rings is 2. The Morgan fingerprint density at radius 1 is 1.00 bits per heavy atom. The van der Waals surface area contributed by atoms with E-state index in [-0.39, 0.29) is 12.4 Å². The number of rotatable bonds is 4. The van der Waals surface area contributed by atoms with Crippen LogP contribution in [0, 0.1) is 5.41 Å². The van der Waals surface area contributed by atoms with E-state index in [0.29, 0.717) is 11.3 Å². The molecule has 0 saturated carbocycles. The number of nitrogens with one attached hydrogen (secondary N) is 1. The van der Waals surface area contributed by atoms with Crippen molar-refractivity contribution in [3.8, 4) is 0 Å². The minimum Gasteiger partial charge on any atom is -0.444 e. The van der Waals surface area contributed by atoms with Crippen LogP contribution < -0.4 is 5.32 Å². The number of amides is 1. The van der Waals surface area contributed by atoms with Gasteiger partial charge in [0.15, 0.2) is 5.78 Å². The standard InChI is InChI=1S/C19H21NO3/c1-19(2,3)17(21)15-10-7-11-16(12-15)20-18(22)23-13-14-8-5-4-6-9-14/h4-12H,13H2,1-3H3,(H,20,22). The Kier molecular flexibility index (Phi) is 5.16. The lowest BCUT2D eigenvalue weighted by Gasteiger charge is -2.17. The number of ether oxygens (including phenoxy) is 1. The van der Waals surface area contributed by atoms with Crippen LogP contribution in [0.4, 0.5) is 10.5 Å². The minimum atomic E-state index is -0.547.